The van der Waals surface area contributed by atoms with Crippen LogP contribution in [0.4, 0.5) is 0 Å². The van der Waals surface area contributed by atoms with Crippen LogP contribution >= 0.6 is 0 Å². The Balaban J connectivity index is 1.84. The molecule has 0 heterocycles. The molecule has 0 saturated heterocycles. The molecule has 0 aromatic heterocycles. The lowest BCUT2D eigenvalue weighted by atomic mass is 9.87. The molecule has 0 unspecified atom stereocenters. The van der Waals surface area contributed by atoms with Crippen LogP contribution in [0.15, 0.2) is 54.6 Å². The second-order valence-corrected chi connectivity index (χ2v) is 11.2. The molecule has 0 aliphatic heterocycles. The van der Waals surface area contributed by atoms with E-state index < -0.39 is 22.5 Å². The van der Waals surface area contributed by atoms with Gasteiger partial charge in [0.15, 0.2) is 0 Å². The van der Waals surface area contributed by atoms with Crippen molar-refractivity contribution in [1.82, 2.24) is 9.21 Å². The highest BCUT2D eigenvalue weighted by molar-refractivity contribution is 7.83. The first-order valence-electron chi connectivity index (χ1n) is 12.0. The summed E-state index contributed by atoms with van der Waals surface area (Å²) >= 11 is 0. The van der Waals surface area contributed by atoms with Crippen LogP contribution in [0.25, 0.3) is 0 Å². The maximum atomic E-state index is 11.8. The zero-order valence-corrected chi connectivity index (χ0v) is 22.0. The molecule has 2 aromatic rings. The summed E-state index contributed by atoms with van der Waals surface area (Å²) in [6.45, 7) is 9.15. The maximum Gasteiger partial charge on any atom is 0.336 e. The Kier molecular flexibility index (Phi) is 11.1. The Hall–Kier alpha value is -2.01. The normalized spacial score (nSPS) is 14.3. The van der Waals surface area contributed by atoms with E-state index in [9.17, 15) is 23.2 Å². The zero-order chi connectivity index (χ0) is 26.1. The van der Waals surface area contributed by atoms with Gasteiger partial charge in [-0.1, -0.05) is 70.2 Å². The van der Waals surface area contributed by atoms with E-state index in [-0.39, 0.29) is 38.2 Å². The number of hydrogen-bond donors (Lipinski definition) is 3. The van der Waals surface area contributed by atoms with Gasteiger partial charge in [-0.3, -0.25) is 9.45 Å². The second kappa shape index (κ2) is 13.3. The Bertz CT molecular complexity index is 977. The third-order valence-electron chi connectivity index (χ3n) is 5.78. The zero-order valence-electron chi connectivity index (χ0n) is 21.2. The van der Waals surface area contributed by atoms with Crippen LogP contribution in [0.1, 0.15) is 38.8 Å². The minimum absolute atomic E-state index is 0.0486. The van der Waals surface area contributed by atoms with Crippen molar-refractivity contribution >= 4 is 10.3 Å². The van der Waals surface area contributed by atoms with E-state index in [0.717, 1.165) is 9.87 Å². The van der Waals surface area contributed by atoms with E-state index >= 15 is 0 Å². The number of aliphatic hydroxyl groups excluding tert-OH is 2. The Labute approximate surface area is 210 Å². The Morgan fingerprint density at radius 3 is 2.06 bits per heavy atom. The summed E-state index contributed by atoms with van der Waals surface area (Å²) in [5.41, 5.74) is 2.17. The summed E-state index contributed by atoms with van der Waals surface area (Å²) in [5.74, 6) is 0.669. The lowest BCUT2D eigenvalue weighted by Crippen LogP contribution is -2.45. The van der Waals surface area contributed by atoms with Crippen LogP contribution < -0.4 is 4.74 Å². The largest absolute Gasteiger partial charge is 0.491 e. The van der Waals surface area contributed by atoms with Crippen molar-refractivity contribution in [2.24, 2.45) is 0 Å². The van der Waals surface area contributed by atoms with Gasteiger partial charge in [0.25, 0.3) is 0 Å². The monoisotopic (exact) mass is 508 g/mol. The number of aliphatic hydroxyl groups is 2. The Morgan fingerprint density at radius 2 is 1.51 bits per heavy atom. The van der Waals surface area contributed by atoms with Gasteiger partial charge in [-0.05, 0) is 41.6 Å². The molecule has 0 aliphatic rings. The topological polar surface area (TPSA) is 111 Å². The fraction of sp³-hybridized carbons (Fsp3) is 0.538. The predicted octanol–water partition coefficient (Wildman–Crippen LogP) is 2.75. The van der Waals surface area contributed by atoms with Crippen LogP contribution in [-0.4, -0.2) is 83.9 Å². The molecule has 0 spiro atoms. The van der Waals surface area contributed by atoms with Crippen LogP contribution in [-0.2, 0) is 22.1 Å². The van der Waals surface area contributed by atoms with Gasteiger partial charge in [0.2, 0.25) is 0 Å². The quantitative estimate of drug-likeness (QED) is 0.337. The lowest BCUT2D eigenvalue weighted by Gasteiger charge is -2.28. The minimum Gasteiger partial charge on any atom is -0.491 e. The average Bonchev–Trinajstić information content (AvgIpc) is 2.79. The molecule has 35 heavy (non-hydrogen) atoms. The van der Waals surface area contributed by atoms with E-state index in [1.165, 1.54) is 5.56 Å². The van der Waals surface area contributed by atoms with Gasteiger partial charge in [-0.15, -0.1) is 0 Å². The fourth-order valence-electron chi connectivity index (χ4n) is 3.72. The number of likely N-dealkylation sites (N-methyl/N-ethyl adjacent to an activating group) is 1. The summed E-state index contributed by atoms with van der Waals surface area (Å²) < 4.78 is 39.8. The Morgan fingerprint density at radius 1 is 0.914 bits per heavy atom. The number of rotatable bonds is 14. The van der Waals surface area contributed by atoms with E-state index in [1.54, 1.807) is 0 Å². The van der Waals surface area contributed by atoms with Gasteiger partial charge < -0.3 is 14.9 Å². The summed E-state index contributed by atoms with van der Waals surface area (Å²) in [6, 6.07) is 17.1. The highest BCUT2D eigenvalue weighted by Crippen LogP contribution is 2.24. The second-order valence-electron chi connectivity index (χ2n) is 9.82. The molecule has 0 bridgehead atoms. The standard InChI is InChI=1S/C26H40N2O6S/c1-5-27(18-24(30)20-34-25-13-11-22(12-14-25)26(2,3)4)17-23(29)19-28(35(31,32)33)16-15-21-9-7-6-8-10-21/h6-14,23-24,29-30H,5,15-20H2,1-4H3,(H,31,32,33)/t23-,24+/m0/s1. The fourth-order valence-corrected chi connectivity index (χ4v) is 4.40. The molecule has 2 atom stereocenters. The molecule has 0 fully saturated rings. The maximum absolute atomic E-state index is 11.8. The number of benzene rings is 2. The van der Waals surface area contributed by atoms with Gasteiger partial charge in [0, 0.05) is 26.2 Å². The average molecular weight is 509 g/mol. The number of nitrogens with zero attached hydrogens (tertiary/aromatic N) is 2. The van der Waals surface area contributed by atoms with Gasteiger partial charge in [-0.2, -0.15) is 12.7 Å². The van der Waals surface area contributed by atoms with Gasteiger partial charge in [0.1, 0.15) is 18.5 Å². The van der Waals surface area contributed by atoms with E-state index in [2.05, 4.69) is 20.8 Å². The lowest BCUT2D eigenvalue weighted by molar-refractivity contribution is 0.0427. The molecule has 0 aliphatic carbocycles. The van der Waals surface area contributed by atoms with Crippen molar-refractivity contribution in [2.75, 3.05) is 39.3 Å². The van der Waals surface area contributed by atoms with Gasteiger partial charge >= 0.3 is 10.3 Å². The van der Waals surface area contributed by atoms with Crippen molar-refractivity contribution in [3.8, 4) is 5.75 Å². The van der Waals surface area contributed by atoms with Crippen LogP contribution in [0.2, 0.25) is 0 Å². The van der Waals surface area contributed by atoms with Crippen LogP contribution in [0, 0.1) is 0 Å². The van der Waals surface area contributed by atoms with Crippen molar-refractivity contribution in [2.45, 2.75) is 51.7 Å². The SMILES string of the molecule is CCN(C[C@@H](O)COc1ccc(C(C)(C)C)cc1)C[C@H](O)CN(CCc1ccccc1)S(=O)(=O)O. The molecule has 2 aromatic carbocycles. The van der Waals surface area contributed by atoms with E-state index in [1.807, 2.05) is 66.4 Å². The molecule has 0 amide bonds. The summed E-state index contributed by atoms with van der Waals surface area (Å²) in [4.78, 5) is 1.82. The molecule has 8 nitrogen and oxygen atoms in total. The van der Waals surface area contributed by atoms with Gasteiger partial charge in [-0.25, -0.2) is 0 Å². The molecule has 0 radical (unpaired) electrons. The predicted molar refractivity (Wildman–Crippen MR) is 138 cm³/mol. The van der Waals surface area contributed by atoms with E-state index in [0.29, 0.717) is 18.7 Å². The molecule has 9 heteroatoms. The summed E-state index contributed by atoms with van der Waals surface area (Å²) in [7, 11) is -4.46. The highest BCUT2D eigenvalue weighted by Gasteiger charge is 2.24. The molecular formula is C26H40N2O6S. The van der Waals surface area contributed by atoms with Gasteiger partial charge in [0.05, 0.1) is 6.10 Å². The van der Waals surface area contributed by atoms with Crippen molar-refractivity contribution in [1.29, 1.82) is 0 Å². The van der Waals surface area contributed by atoms with Crippen molar-refractivity contribution in [3.05, 3.63) is 65.7 Å². The number of hydrogen-bond acceptors (Lipinski definition) is 6. The van der Waals surface area contributed by atoms with Crippen LogP contribution in [0.3, 0.4) is 0 Å². The van der Waals surface area contributed by atoms with E-state index in [4.69, 9.17) is 4.74 Å². The summed E-state index contributed by atoms with van der Waals surface area (Å²) in [5, 5.41) is 21.0. The summed E-state index contributed by atoms with van der Waals surface area (Å²) in [6.07, 6.45) is -1.41. The smallest absolute Gasteiger partial charge is 0.336 e. The highest BCUT2D eigenvalue weighted by atomic mass is 32.2. The molecule has 2 rings (SSSR count). The third kappa shape index (κ3) is 10.6. The first-order valence-corrected chi connectivity index (χ1v) is 13.4. The first-order chi connectivity index (χ1) is 16.4. The van der Waals surface area contributed by atoms with Crippen molar-refractivity contribution in [3.63, 3.8) is 0 Å². The van der Waals surface area contributed by atoms with Crippen molar-refractivity contribution < 1.29 is 27.9 Å². The first kappa shape index (κ1) is 29.2. The molecule has 0 saturated carbocycles. The molecule has 196 valence electrons. The third-order valence-corrected chi connectivity index (χ3v) is 6.77. The molecular weight excluding hydrogens is 468 g/mol. The molecule has 3 N–H and O–H groups in total. The minimum atomic E-state index is -4.46. The van der Waals surface area contributed by atoms with Crippen LogP contribution in [0.5, 0.6) is 5.75 Å². The number of ether oxygens (including phenoxy) is 1.